The Morgan fingerprint density at radius 2 is 0.833 bits per heavy atom. The predicted octanol–water partition coefficient (Wildman–Crippen LogP) is 7.56. The minimum atomic E-state index is -0.218. The topological polar surface area (TPSA) is 93.1 Å². The average molecular weight is 499 g/mol. The molecule has 2 atom stereocenters. The third kappa shape index (κ3) is 12.1. The van der Waals surface area contributed by atoms with E-state index in [2.05, 4.69) is 0 Å². The van der Waals surface area contributed by atoms with Gasteiger partial charge in [-0.2, -0.15) is 0 Å². The van der Waals surface area contributed by atoms with Gasteiger partial charge in [0.25, 0.3) is 0 Å². The molecule has 0 spiro atoms. The van der Waals surface area contributed by atoms with Crippen LogP contribution >= 0.6 is 0 Å². The first-order valence-corrected chi connectivity index (χ1v) is 13.4. The second-order valence-electron chi connectivity index (χ2n) is 9.74. The van der Waals surface area contributed by atoms with Crippen LogP contribution in [-0.4, -0.2) is 22.2 Å². The van der Waals surface area contributed by atoms with Crippen LogP contribution < -0.4 is 9.47 Å². The summed E-state index contributed by atoms with van der Waals surface area (Å²) in [6.45, 7) is 3.81. The lowest BCUT2D eigenvalue weighted by molar-refractivity contribution is -0.139. The van der Waals surface area contributed by atoms with Crippen molar-refractivity contribution in [3.8, 4) is 23.0 Å². The molecule has 6 nitrogen and oxygen atoms in total. The molecule has 2 aromatic rings. The molecule has 6 heteroatoms. The molecule has 0 unspecified atom stereocenters. The molecule has 0 aliphatic carbocycles. The van der Waals surface area contributed by atoms with Crippen LogP contribution in [0.1, 0.15) is 90.9 Å². The summed E-state index contributed by atoms with van der Waals surface area (Å²) in [4.78, 5) is 24.3. The van der Waals surface area contributed by atoms with Crippen molar-refractivity contribution in [3.05, 3.63) is 48.5 Å². The highest BCUT2D eigenvalue weighted by Gasteiger charge is 2.16. The smallest absolute Gasteiger partial charge is 0.314 e. The largest absolute Gasteiger partial charge is 0.508 e. The molecule has 0 bridgehead atoms. The molecule has 0 saturated carbocycles. The van der Waals surface area contributed by atoms with Crippen LogP contribution in [0.3, 0.4) is 0 Å². The maximum atomic E-state index is 12.2. The summed E-state index contributed by atoms with van der Waals surface area (Å²) < 4.78 is 10.7. The molecular formula is C30H42O6. The summed E-state index contributed by atoms with van der Waals surface area (Å²) >= 11 is 0. The van der Waals surface area contributed by atoms with Crippen LogP contribution in [0, 0.1) is 11.8 Å². The van der Waals surface area contributed by atoms with Crippen LogP contribution in [0.5, 0.6) is 23.0 Å². The van der Waals surface area contributed by atoms with Crippen molar-refractivity contribution in [2.45, 2.75) is 90.9 Å². The first-order chi connectivity index (χ1) is 17.3. The van der Waals surface area contributed by atoms with E-state index >= 15 is 0 Å². The quantitative estimate of drug-likeness (QED) is 0.133. The van der Waals surface area contributed by atoms with Gasteiger partial charge in [-0.15, -0.1) is 0 Å². The van der Waals surface area contributed by atoms with E-state index in [9.17, 15) is 19.8 Å². The van der Waals surface area contributed by atoms with E-state index in [0.29, 0.717) is 11.5 Å². The first kappa shape index (κ1) is 29.2. The fourth-order valence-corrected chi connectivity index (χ4v) is 4.01. The van der Waals surface area contributed by atoms with E-state index < -0.39 is 0 Å². The van der Waals surface area contributed by atoms with Crippen LogP contribution in [0.25, 0.3) is 0 Å². The highest BCUT2D eigenvalue weighted by Crippen LogP contribution is 2.21. The lowest BCUT2D eigenvalue weighted by Crippen LogP contribution is -2.17. The molecule has 0 aliphatic rings. The number of carbonyl (C=O) groups is 2. The molecule has 36 heavy (non-hydrogen) atoms. The maximum absolute atomic E-state index is 12.2. The van der Waals surface area contributed by atoms with Gasteiger partial charge in [0.1, 0.15) is 23.0 Å². The molecule has 0 heterocycles. The van der Waals surface area contributed by atoms with E-state index in [1.807, 2.05) is 13.8 Å². The number of unbranched alkanes of at least 4 members (excludes halogenated alkanes) is 9. The number of hydrogen-bond acceptors (Lipinski definition) is 6. The molecule has 0 aliphatic heterocycles. The van der Waals surface area contributed by atoms with Gasteiger partial charge in [-0.1, -0.05) is 78.1 Å². The number of aromatic hydroxyl groups is 2. The van der Waals surface area contributed by atoms with Gasteiger partial charge in [0.15, 0.2) is 0 Å². The van der Waals surface area contributed by atoms with Crippen molar-refractivity contribution >= 4 is 11.9 Å². The number of benzene rings is 2. The fourth-order valence-electron chi connectivity index (χ4n) is 4.01. The third-order valence-electron chi connectivity index (χ3n) is 6.44. The van der Waals surface area contributed by atoms with Crippen molar-refractivity contribution in [2.24, 2.45) is 11.8 Å². The van der Waals surface area contributed by atoms with E-state index in [4.69, 9.17) is 9.47 Å². The van der Waals surface area contributed by atoms with E-state index in [1.165, 1.54) is 62.8 Å². The molecule has 2 N–H and O–H groups in total. The van der Waals surface area contributed by atoms with Crippen molar-refractivity contribution in [3.63, 3.8) is 0 Å². The van der Waals surface area contributed by atoms with E-state index in [-0.39, 0.29) is 35.3 Å². The summed E-state index contributed by atoms with van der Waals surface area (Å²) in [6.07, 6.45) is 13.3. The standard InChI is InChI=1S/C30H42O6/c1-23(29(33)35-27-19-15-25(31)16-20-27)13-11-9-7-5-3-4-6-8-10-12-14-24(2)30(34)36-28-21-17-26(32)18-22-28/h15-24,31-32H,3-14H2,1-2H3/t23-,24-/m0/s1. The van der Waals surface area contributed by atoms with Crippen LogP contribution in [0.2, 0.25) is 0 Å². The average Bonchev–Trinajstić information content (AvgIpc) is 2.87. The van der Waals surface area contributed by atoms with E-state index in [1.54, 1.807) is 24.3 Å². The van der Waals surface area contributed by atoms with Gasteiger partial charge in [-0.3, -0.25) is 9.59 Å². The minimum Gasteiger partial charge on any atom is -0.508 e. The Morgan fingerprint density at radius 3 is 1.14 bits per heavy atom. The number of esters is 2. The maximum Gasteiger partial charge on any atom is 0.314 e. The Bertz CT molecular complexity index is 815. The van der Waals surface area contributed by atoms with Gasteiger partial charge in [0, 0.05) is 0 Å². The molecule has 0 radical (unpaired) electrons. The molecule has 2 aromatic carbocycles. The number of carbonyl (C=O) groups excluding carboxylic acids is 2. The van der Waals surface area contributed by atoms with Crippen molar-refractivity contribution in [1.29, 1.82) is 0 Å². The molecular weight excluding hydrogens is 456 g/mol. The molecule has 0 fully saturated rings. The lowest BCUT2D eigenvalue weighted by atomic mass is 10.00. The zero-order chi connectivity index (χ0) is 26.2. The van der Waals surface area contributed by atoms with Gasteiger partial charge in [0.05, 0.1) is 11.8 Å². The summed E-state index contributed by atoms with van der Waals surface area (Å²) in [5, 5.41) is 18.6. The summed E-state index contributed by atoms with van der Waals surface area (Å²) in [7, 11) is 0. The van der Waals surface area contributed by atoms with Crippen molar-refractivity contribution in [2.75, 3.05) is 0 Å². The second kappa shape index (κ2) is 16.6. The van der Waals surface area contributed by atoms with Crippen molar-refractivity contribution in [1.82, 2.24) is 0 Å². The van der Waals surface area contributed by atoms with E-state index in [0.717, 1.165) is 38.5 Å². The monoisotopic (exact) mass is 498 g/mol. The lowest BCUT2D eigenvalue weighted by Gasteiger charge is -2.11. The second-order valence-corrected chi connectivity index (χ2v) is 9.74. The van der Waals surface area contributed by atoms with Gasteiger partial charge in [0.2, 0.25) is 0 Å². The molecule has 0 aromatic heterocycles. The third-order valence-corrected chi connectivity index (χ3v) is 6.44. The van der Waals surface area contributed by atoms with Gasteiger partial charge in [-0.25, -0.2) is 0 Å². The highest BCUT2D eigenvalue weighted by atomic mass is 16.5. The number of rotatable bonds is 17. The van der Waals surface area contributed by atoms with Crippen LogP contribution in [-0.2, 0) is 9.59 Å². The Hall–Kier alpha value is -3.02. The molecule has 198 valence electrons. The van der Waals surface area contributed by atoms with Gasteiger partial charge < -0.3 is 19.7 Å². The number of ether oxygens (including phenoxy) is 2. The van der Waals surface area contributed by atoms with Crippen molar-refractivity contribution < 1.29 is 29.3 Å². The number of phenolic OH excluding ortho intramolecular Hbond substituents is 2. The Kier molecular flexibility index (Phi) is 13.5. The zero-order valence-electron chi connectivity index (χ0n) is 21.8. The summed E-state index contributed by atoms with van der Waals surface area (Å²) in [6, 6.07) is 12.4. The highest BCUT2D eigenvalue weighted by molar-refractivity contribution is 5.75. The Morgan fingerprint density at radius 1 is 0.556 bits per heavy atom. The summed E-state index contributed by atoms with van der Waals surface area (Å²) in [5.41, 5.74) is 0. The Balaban J connectivity index is 1.39. The Labute approximate surface area is 215 Å². The fraction of sp³-hybridized carbons (Fsp3) is 0.533. The van der Waals surface area contributed by atoms with Gasteiger partial charge in [-0.05, 0) is 61.4 Å². The van der Waals surface area contributed by atoms with Gasteiger partial charge >= 0.3 is 11.9 Å². The number of hydrogen-bond donors (Lipinski definition) is 2. The predicted molar refractivity (Wildman–Crippen MR) is 141 cm³/mol. The molecule has 0 amide bonds. The van der Waals surface area contributed by atoms with Crippen LogP contribution in [0.4, 0.5) is 0 Å². The zero-order valence-corrected chi connectivity index (χ0v) is 21.8. The molecule has 0 saturated heterocycles. The number of phenols is 2. The SMILES string of the molecule is C[C@@H](CCCCCCCCCCCC[C@H](C)C(=O)Oc1ccc(O)cc1)C(=O)Oc1ccc(O)cc1. The first-order valence-electron chi connectivity index (χ1n) is 13.4. The normalized spacial score (nSPS) is 12.6. The summed E-state index contributed by atoms with van der Waals surface area (Å²) in [5.74, 6) is 0.542. The molecule has 2 rings (SSSR count). The minimum absolute atomic E-state index is 0.129. The van der Waals surface area contributed by atoms with Crippen LogP contribution in [0.15, 0.2) is 48.5 Å².